The van der Waals surface area contributed by atoms with Gasteiger partial charge in [0.15, 0.2) is 0 Å². The number of hydrogen-bond donors (Lipinski definition) is 1. The summed E-state index contributed by atoms with van der Waals surface area (Å²) in [4.78, 5) is 8.30. The van der Waals surface area contributed by atoms with Gasteiger partial charge < -0.3 is 14.3 Å². The maximum absolute atomic E-state index is 5.32. The third-order valence-electron chi connectivity index (χ3n) is 2.60. The number of pyridine rings is 1. The van der Waals surface area contributed by atoms with Gasteiger partial charge in [0.25, 0.3) is 0 Å². The van der Waals surface area contributed by atoms with Gasteiger partial charge in [-0.1, -0.05) is 0 Å². The molecule has 0 atom stereocenters. The lowest BCUT2D eigenvalue weighted by Gasteiger charge is -2.06. The molecule has 3 aromatic rings. The fourth-order valence-electron chi connectivity index (χ4n) is 1.76. The Morgan fingerprint density at radius 3 is 3.18 bits per heavy atom. The van der Waals surface area contributed by atoms with Gasteiger partial charge in [-0.25, -0.2) is 9.97 Å². The van der Waals surface area contributed by atoms with E-state index in [1.165, 1.54) is 0 Å². The lowest BCUT2D eigenvalue weighted by Crippen LogP contribution is -2.10. The molecule has 0 amide bonds. The summed E-state index contributed by atoms with van der Waals surface area (Å²) in [5.74, 6) is 0.858. The molecular formula is C12H12N4O. The molecule has 0 fully saturated rings. The normalized spacial score (nSPS) is 10.8. The van der Waals surface area contributed by atoms with E-state index in [0.717, 1.165) is 29.9 Å². The van der Waals surface area contributed by atoms with Crippen LogP contribution < -0.4 is 5.32 Å². The van der Waals surface area contributed by atoms with E-state index in [4.69, 9.17) is 4.42 Å². The second kappa shape index (κ2) is 4.29. The Balaban J connectivity index is 1.70. The third-order valence-corrected chi connectivity index (χ3v) is 2.60. The van der Waals surface area contributed by atoms with Crippen LogP contribution in [0.25, 0.3) is 11.0 Å². The first-order valence-corrected chi connectivity index (χ1v) is 5.45. The van der Waals surface area contributed by atoms with Crippen LogP contribution in [0.4, 0.5) is 5.82 Å². The number of anilines is 1. The first kappa shape index (κ1) is 9.89. The van der Waals surface area contributed by atoms with E-state index in [1.807, 2.05) is 22.9 Å². The molecule has 0 aromatic carbocycles. The van der Waals surface area contributed by atoms with Gasteiger partial charge in [0, 0.05) is 31.7 Å². The van der Waals surface area contributed by atoms with Crippen molar-refractivity contribution in [3.05, 3.63) is 43.3 Å². The third kappa shape index (κ3) is 1.99. The van der Waals surface area contributed by atoms with E-state index in [-0.39, 0.29) is 0 Å². The van der Waals surface area contributed by atoms with Crippen molar-refractivity contribution in [1.29, 1.82) is 0 Å². The zero-order chi connectivity index (χ0) is 11.5. The van der Waals surface area contributed by atoms with Crippen molar-refractivity contribution in [3.63, 3.8) is 0 Å². The Bertz CT molecular complexity index is 600. The minimum Gasteiger partial charge on any atom is -0.464 e. The summed E-state index contributed by atoms with van der Waals surface area (Å²) in [6.45, 7) is 1.66. The highest BCUT2D eigenvalue weighted by atomic mass is 16.3. The number of hydrogen-bond acceptors (Lipinski definition) is 4. The maximum Gasteiger partial charge on any atom is 0.139 e. The molecule has 1 N–H and O–H groups in total. The van der Waals surface area contributed by atoms with E-state index in [1.54, 1.807) is 25.0 Å². The van der Waals surface area contributed by atoms with Crippen molar-refractivity contribution in [2.45, 2.75) is 6.54 Å². The Labute approximate surface area is 98.1 Å². The minimum atomic E-state index is 0.799. The molecule has 3 heterocycles. The number of nitrogens with one attached hydrogen (secondary N) is 1. The molecule has 0 aliphatic rings. The molecule has 5 nitrogen and oxygen atoms in total. The molecule has 17 heavy (non-hydrogen) atoms. The summed E-state index contributed by atoms with van der Waals surface area (Å²) in [5, 5.41) is 4.30. The SMILES string of the molecule is c1cn(CCNc2nccc3occc23)cn1. The van der Waals surface area contributed by atoms with Crippen LogP contribution in [-0.2, 0) is 6.54 Å². The lowest BCUT2D eigenvalue weighted by atomic mass is 10.3. The van der Waals surface area contributed by atoms with Gasteiger partial charge in [0.2, 0.25) is 0 Å². The van der Waals surface area contributed by atoms with Crippen LogP contribution in [0.2, 0.25) is 0 Å². The number of nitrogens with zero attached hydrogens (tertiary/aromatic N) is 3. The Kier molecular flexibility index (Phi) is 2.50. The molecule has 0 radical (unpaired) electrons. The van der Waals surface area contributed by atoms with Crippen molar-refractivity contribution in [2.24, 2.45) is 0 Å². The predicted molar refractivity (Wildman–Crippen MR) is 64.7 cm³/mol. The molecule has 5 heteroatoms. The van der Waals surface area contributed by atoms with Crippen LogP contribution in [0, 0.1) is 0 Å². The van der Waals surface area contributed by atoms with Crippen molar-refractivity contribution in [3.8, 4) is 0 Å². The fraction of sp³-hybridized carbons (Fsp3) is 0.167. The molecule has 0 aliphatic heterocycles. The first-order chi connectivity index (χ1) is 8.43. The quantitative estimate of drug-likeness (QED) is 0.743. The standard InChI is InChI=1S/C12H12N4O/c1-3-14-12(10-2-8-17-11(1)10)15-5-7-16-6-4-13-9-16/h1-4,6,8-9H,5,7H2,(H,14,15). The predicted octanol–water partition coefficient (Wildman–Crippen LogP) is 2.14. The smallest absolute Gasteiger partial charge is 0.139 e. The molecule has 0 saturated heterocycles. The highest BCUT2D eigenvalue weighted by molar-refractivity contribution is 5.87. The van der Waals surface area contributed by atoms with Crippen molar-refractivity contribution < 1.29 is 4.42 Å². The summed E-state index contributed by atoms with van der Waals surface area (Å²) in [6.07, 6.45) is 8.93. The van der Waals surface area contributed by atoms with Crippen LogP contribution in [0.5, 0.6) is 0 Å². The fourth-order valence-corrected chi connectivity index (χ4v) is 1.76. The Morgan fingerprint density at radius 1 is 1.29 bits per heavy atom. The second-order valence-electron chi connectivity index (χ2n) is 3.72. The number of rotatable bonds is 4. The van der Waals surface area contributed by atoms with E-state index in [9.17, 15) is 0 Å². The van der Waals surface area contributed by atoms with E-state index in [0.29, 0.717) is 0 Å². The monoisotopic (exact) mass is 228 g/mol. The Hall–Kier alpha value is -2.30. The molecule has 3 rings (SSSR count). The topological polar surface area (TPSA) is 55.9 Å². The molecule has 0 saturated carbocycles. The van der Waals surface area contributed by atoms with Crippen molar-refractivity contribution >= 4 is 16.8 Å². The molecule has 0 bridgehead atoms. The lowest BCUT2D eigenvalue weighted by molar-refractivity contribution is 0.615. The molecule has 0 aliphatic carbocycles. The van der Waals surface area contributed by atoms with E-state index < -0.39 is 0 Å². The van der Waals surface area contributed by atoms with Gasteiger partial charge in [-0.3, -0.25) is 0 Å². The number of furan rings is 1. The van der Waals surface area contributed by atoms with Gasteiger partial charge in [0.1, 0.15) is 11.4 Å². The van der Waals surface area contributed by atoms with Crippen molar-refractivity contribution in [2.75, 3.05) is 11.9 Å². The second-order valence-corrected chi connectivity index (χ2v) is 3.72. The van der Waals surface area contributed by atoms with Gasteiger partial charge in [-0.2, -0.15) is 0 Å². The van der Waals surface area contributed by atoms with Gasteiger partial charge in [-0.05, 0) is 12.1 Å². The molecule has 86 valence electrons. The molecule has 0 unspecified atom stereocenters. The summed E-state index contributed by atoms with van der Waals surface area (Å²) in [6, 6.07) is 3.78. The van der Waals surface area contributed by atoms with Crippen LogP contribution >= 0.6 is 0 Å². The number of fused-ring (bicyclic) bond motifs is 1. The summed E-state index contributed by atoms with van der Waals surface area (Å²) >= 11 is 0. The maximum atomic E-state index is 5.32. The van der Waals surface area contributed by atoms with Crippen molar-refractivity contribution in [1.82, 2.24) is 14.5 Å². The largest absolute Gasteiger partial charge is 0.464 e. The van der Waals surface area contributed by atoms with Gasteiger partial charge in [0.05, 0.1) is 18.0 Å². The van der Waals surface area contributed by atoms with Crippen LogP contribution in [0.3, 0.4) is 0 Å². The van der Waals surface area contributed by atoms with Crippen LogP contribution in [-0.4, -0.2) is 21.1 Å². The Morgan fingerprint density at radius 2 is 2.29 bits per heavy atom. The first-order valence-electron chi connectivity index (χ1n) is 5.45. The summed E-state index contributed by atoms with van der Waals surface area (Å²) in [5.41, 5.74) is 0.852. The average molecular weight is 228 g/mol. The minimum absolute atomic E-state index is 0.799. The zero-order valence-corrected chi connectivity index (χ0v) is 9.21. The number of imidazole rings is 1. The molecule has 0 spiro atoms. The van der Waals surface area contributed by atoms with Gasteiger partial charge >= 0.3 is 0 Å². The average Bonchev–Trinajstić information content (AvgIpc) is 2.99. The van der Waals surface area contributed by atoms with E-state index >= 15 is 0 Å². The molecular weight excluding hydrogens is 216 g/mol. The summed E-state index contributed by atoms with van der Waals surface area (Å²) in [7, 11) is 0. The highest BCUT2D eigenvalue weighted by Gasteiger charge is 2.03. The van der Waals surface area contributed by atoms with Crippen LogP contribution in [0.15, 0.2) is 47.7 Å². The number of aromatic nitrogens is 3. The highest BCUT2D eigenvalue weighted by Crippen LogP contribution is 2.21. The van der Waals surface area contributed by atoms with Crippen LogP contribution in [0.1, 0.15) is 0 Å². The molecule has 3 aromatic heterocycles. The van der Waals surface area contributed by atoms with Gasteiger partial charge in [-0.15, -0.1) is 0 Å². The zero-order valence-electron chi connectivity index (χ0n) is 9.21. The summed E-state index contributed by atoms with van der Waals surface area (Å²) < 4.78 is 7.33. The van der Waals surface area contributed by atoms with E-state index in [2.05, 4.69) is 15.3 Å².